The fourth-order valence-electron chi connectivity index (χ4n) is 3.41. The van der Waals surface area contributed by atoms with Gasteiger partial charge in [-0.15, -0.1) is 0 Å². The minimum atomic E-state index is -4.66. The van der Waals surface area contributed by atoms with Gasteiger partial charge in [-0.3, -0.25) is 14.9 Å². The Balaban J connectivity index is 1.73. The Labute approximate surface area is 167 Å². The number of carbonyl (C=O) groups is 1. The Kier molecular flexibility index (Phi) is 8.24. The standard InChI is InChI=1S/C19H27F3N4O3/c1-14-5-2-3-11-25(14)12-4-9-24-18(27)8-10-23-16-7-6-15(19(20,21)22)13-17(16)26(28)29/h6-7,13-14,23H,2-5,8-12H2,1H3,(H,24,27)/t14-/m1/s1. The van der Waals surface area contributed by atoms with Crippen LogP contribution in [0, 0.1) is 10.1 Å². The van der Waals surface area contributed by atoms with Crippen molar-refractivity contribution in [2.24, 2.45) is 0 Å². The van der Waals surface area contributed by atoms with Gasteiger partial charge in [0.05, 0.1) is 10.5 Å². The summed E-state index contributed by atoms with van der Waals surface area (Å²) in [6, 6.07) is 2.85. The zero-order chi connectivity index (χ0) is 21.4. The number of likely N-dealkylation sites (tertiary alicyclic amines) is 1. The Hall–Kier alpha value is -2.36. The molecule has 1 aromatic rings. The number of nitro benzene ring substituents is 1. The number of benzene rings is 1. The molecule has 7 nitrogen and oxygen atoms in total. The van der Waals surface area contributed by atoms with Crippen LogP contribution in [-0.2, 0) is 11.0 Å². The Bertz CT molecular complexity index is 712. The van der Waals surface area contributed by atoms with Crippen molar-refractivity contribution in [3.8, 4) is 0 Å². The minimum absolute atomic E-state index is 0.0464. The van der Waals surface area contributed by atoms with Gasteiger partial charge in [0, 0.05) is 38.2 Å². The highest BCUT2D eigenvalue weighted by Crippen LogP contribution is 2.34. The molecule has 2 rings (SSSR count). The third-order valence-corrected chi connectivity index (χ3v) is 5.07. The van der Waals surface area contributed by atoms with Crippen LogP contribution in [0.5, 0.6) is 0 Å². The average molecular weight is 416 g/mol. The number of nitro groups is 1. The first kappa shape index (κ1) is 22.9. The molecule has 1 fully saturated rings. The second-order valence-corrected chi connectivity index (χ2v) is 7.25. The summed E-state index contributed by atoms with van der Waals surface area (Å²) in [4.78, 5) is 24.5. The molecule has 0 spiro atoms. The van der Waals surface area contributed by atoms with Gasteiger partial charge < -0.3 is 15.5 Å². The number of nitrogens with zero attached hydrogens (tertiary/aromatic N) is 2. The first-order chi connectivity index (χ1) is 13.7. The summed E-state index contributed by atoms with van der Waals surface area (Å²) in [5.74, 6) is -0.209. The summed E-state index contributed by atoms with van der Waals surface area (Å²) < 4.78 is 38.1. The lowest BCUT2D eigenvalue weighted by Gasteiger charge is -2.33. The smallest absolute Gasteiger partial charge is 0.379 e. The van der Waals surface area contributed by atoms with E-state index in [0.717, 1.165) is 31.6 Å². The maximum Gasteiger partial charge on any atom is 0.416 e. The SMILES string of the molecule is C[C@@H]1CCCCN1CCCNC(=O)CCNc1ccc(C(F)(F)F)cc1[N+](=O)[O-]. The number of piperidine rings is 1. The Morgan fingerprint density at radius 3 is 2.72 bits per heavy atom. The van der Waals surface area contributed by atoms with E-state index in [1.165, 1.54) is 19.3 Å². The molecule has 0 bridgehead atoms. The van der Waals surface area contributed by atoms with E-state index in [1.54, 1.807) is 0 Å². The number of anilines is 1. The molecule has 0 radical (unpaired) electrons. The van der Waals surface area contributed by atoms with Crippen molar-refractivity contribution in [3.63, 3.8) is 0 Å². The number of rotatable bonds is 9. The quantitative estimate of drug-likeness (QED) is 0.363. The highest BCUT2D eigenvalue weighted by Gasteiger charge is 2.33. The molecular formula is C19H27F3N4O3. The zero-order valence-electron chi connectivity index (χ0n) is 16.4. The van der Waals surface area contributed by atoms with E-state index in [4.69, 9.17) is 0 Å². The van der Waals surface area contributed by atoms with Gasteiger partial charge in [0.1, 0.15) is 5.69 Å². The molecule has 1 amide bonds. The number of alkyl halides is 3. The molecule has 1 atom stereocenters. The van der Waals surface area contributed by atoms with Crippen molar-refractivity contribution in [1.82, 2.24) is 10.2 Å². The van der Waals surface area contributed by atoms with Crippen molar-refractivity contribution >= 4 is 17.3 Å². The van der Waals surface area contributed by atoms with Gasteiger partial charge in [-0.25, -0.2) is 0 Å². The second-order valence-electron chi connectivity index (χ2n) is 7.25. The number of carbonyl (C=O) groups excluding carboxylic acids is 1. The monoisotopic (exact) mass is 416 g/mol. The molecular weight excluding hydrogens is 389 g/mol. The molecule has 1 aliphatic rings. The van der Waals surface area contributed by atoms with Crippen LogP contribution in [0.4, 0.5) is 24.5 Å². The summed E-state index contributed by atoms with van der Waals surface area (Å²) >= 11 is 0. The van der Waals surface area contributed by atoms with Crippen LogP contribution in [0.1, 0.15) is 44.6 Å². The molecule has 1 aliphatic heterocycles. The number of hydrogen-bond donors (Lipinski definition) is 2. The lowest BCUT2D eigenvalue weighted by Crippen LogP contribution is -2.39. The first-order valence-electron chi connectivity index (χ1n) is 9.78. The van der Waals surface area contributed by atoms with Gasteiger partial charge in [-0.2, -0.15) is 13.2 Å². The van der Waals surface area contributed by atoms with E-state index in [-0.39, 0.29) is 24.6 Å². The zero-order valence-corrected chi connectivity index (χ0v) is 16.4. The van der Waals surface area contributed by atoms with E-state index in [2.05, 4.69) is 22.5 Å². The maximum atomic E-state index is 12.7. The predicted octanol–water partition coefficient (Wildman–Crippen LogP) is 3.80. The summed E-state index contributed by atoms with van der Waals surface area (Å²) in [7, 11) is 0. The van der Waals surface area contributed by atoms with Gasteiger partial charge in [0.2, 0.25) is 5.91 Å². The molecule has 1 aromatic carbocycles. The normalized spacial score (nSPS) is 17.7. The van der Waals surface area contributed by atoms with Crippen LogP contribution in [0.2, 0.25) is 0 Å². The molecule has 2 N–H and O–H groups in total. The number of halogens is 3. The van der Waals surface area contributed by atoms with Gasteiger partial charge in [-0.1, -0.05) is 6.42 Å². The molecule has 0 aromatic heterocycles. The lowest BCUT2D eigenvalue weighted by molar-refractivity contribution is -0.384. The summed E-state index contributed by atoms with van der Waals surface area (Å²) in [5, 5.41) is 16.5. The van der Waals surface area contributed by atoms with Crippen LogP contribution in [0.25, 0.3) is 0 Å². The van der Waals surface area contributed by atoms with E-state index in [9.17, 15) is 28.1 Å². The Morgan fingerprint density at radius 2 is 2.07 bits per heavy atom. The fraction of sp³-hybridized carbons (Fsp3) is 0.632. The molecule has 0 aliphatic carbocycles. The van der Waals surface area contributed by atoms with Crippen LogP contribution < -0.4 is 10.6 Å². The number of nitrogens with one attached hydrogen (secondary N) is 2. The lowest BCUT2D eigenvalue weighted by atomic mass is 10.0. The third-order valence-electron chi connectivity index (χ3n) is 5.07. The van der Waals surface area contributed by atoms with Crippen molar-refractivity contribution in [1.29, 1.82) is 0 Å². The Morgan fingerprint density at radius 1 is 1.31 bits per heavy atom. The van der Waals surface area contributed by atoms with Crippen molar-refractivity contribution in [2.45, 2.75) is 51.2 Å². The van der Waals surface area contributed by atoms with Crippen LogP contribution in [0.3, 0.4) is 0 Å². The first-order valence-corrected chi connectivity index (χ1v) is 9.78. The van der Waals surface area contributed by atoms with Gasteiger partial charge in [-0.05, 0) is 44.9 Å². The maximum absolute atomic E-state index is 12.7. The van der Waals surface area contributed by atoms with E-state index in [1.807, 2.05) is 0 Å². The third kappa shape index (κ3) is 7.19. The summed E-state index contributed by atoms with van der Waals surface area (Å²) in [6.45, 7) is 4.86. The van der Waals surface area contributed by atoms with E-state index in [0.29, 0.717) is 18.7 Å². The van der Waals surface area contributed by atoms with Crippen molar-refractivity contribution < 1.29 is 22.9 Å². The highest BCUT2D eigenvalue weighted by molar-refractivity contribution is 5.76. The minimum Gasteiger partial charge on any atom is -0.379 e. The molecule has 162 valence electrons. The van der Waals surface area contributed by atoms with Crippen LogP contribution in [0.15, 0.2) is 18.2 Å². The molecule has 1 saturated heterocycles. The van der Waals surface area contributed by atoms with E-state index >= 15 is 0 Å². The van der Waals surface area contributed by atoms with Gasteiger partial charge in [0.25, 0.3) is 5.69 Å². The van der Waals surface area contributed by atoms with Crippen molar-refractivity contribution in [2.75, 3.05) is 31.5 Å². The van der Waals surface area contributed by atoms with Gasteiger partial charge in [0.15, 0.2) is 0 Å². The van der Waals surface area contributed by atoms with Gasteiger partial charge >= 0.3 is 6.18 Å². The predicted molar refractivity (Wildman–Crippen MR) is 104 cm³/mol. The molecule has 0 unspecified atom stereocenters. The number of hydrogen-bond acceptors (Lipinski definition) is 5. The molecule has 0 saturated carbocycles. The molecule has 1 heterocycles. The molecule has 29 heavy (non-hydrogen) atoms. The topological polar surface area (TPSA) is 87.5 Å². The average Bonchev–Trinajstić information content (AvgIpc) is 2.65. The largest absolute Gasteiger partial charge is 0.416 e. The number of amides is 1. The second kappa shape index (κ2) is 10.4. The highest BCUT2D eigenvalue weighted by atomic mass is 19.4. The summed E-state index contributed by atoms with van der Waals surface area (Å²) in [6.07, 6.45) is -0.0770. The van der Waals surface area contributed by atoms with Crippen LogP contribution in [-0.4, -0.2) is 48.0 Å². The molecule has 10 heteroatoms. The van der Waals surface area contributed by atoms with Crippen LogP contribution >= 0.6 is 0 Å². The van der Waals surface area contributed by atoms with Crippen molar-refractivity contribution in [3.05, 3.63) is 33.9 Å². The fourth-order valence-corrected chi connectivity index (χ4v) is 3.41. The summed E-state index contributed by atoms with van der Waals surface area (Å²) in [5.41, 5.74) is -1.80. The van der Waals surface area contributed by atoms with E-state index < -0.39 is 22.4 Å².